The Morgan fingerprint density at radius 1 is 1.37 bits per heavy atom. The third kappa shape index (κ3) is 3.22. The number of hydrogen-bond donors (Lipinski definition) is 0. The monoisotopic (exact) mass is 368 g/mol. The van der Waals surface area contributed by atoms with Gasteiger partial charge in [0.05, 0.1) is 7.11 Å². The molecule has 1 aromatic heterocycles. The number of carbonyl (C=O) groups excluding carboxylic acids is 1. The highest BCUT2D eigenvalue weighted by Gasteiger charge is 2.53. The first-order valence-corrected chi connectivity index (χ1v) is 9.83. The summed E-state index contributed by atoms with van der Waals surface area (Å²) in [6, 6.07) is 7.43. The summed E-state index contributed by atoms with van der Waals surface area (Å²) in [6.07, 6.45) is 5.40. The minimum Gasteiger partial charge on any atom is -0.497 e. The fourth-order valence-corrected chi connectivity index (χ4v) is 4.62. The summed E-state index contributed by atoms with van der Waals surface area (Å²) in [5, 5.41) is 8.66. The van der Waals surface area contributed by atoms with Crippen LogP contribution in [-0.2, 0) is 6.54 Å². The van der Waals surface area contributed by atoms with Crippen molar-refractivity contribution in [3.8, 4) is 5.75 Å². The lowest BCUT2D eigenvalue weighted by Gasteiger charge is -2.42. The molecule has 1 aliphatic carbocycles. The highest BCUT2D eigenvalue weighted by atomic mass is 16.5. The second kappa shape index (κ2) is 6.98. The van der Waals surface area contributed by atoms with Crippen LogP contribution in [0.25, 0.3) is 0 Å². The summed E-state index contributed by atoms with van der Waals surface area (Å²) in [7, 11) is 1.63. The summed E-state index contributed by atoms with van der Waals surface area (Å²) < 4.78 is 7.47. The van der Waals surface area contributed by atoms with Crippen LogP contribution < -0.4 is 4.74 Å². The van der Waals surface area contributed by atoms with Crippen molar-refractivity contribution < 1.29 is 9.53 Å². The Balaban J connectivity index is 1.60. The van der Waals surface area contributed by atoms with Gasteiger partial charge < -0.3 is 14.2 Å². The van der Waals surface area contributed by atoms with E-state index in [9.17, 15) is 4.79 Å². The number of methoxy groups -OCH3 is 1. The third-order valence-corrected chi connectivity index (χ3v) is 6.12. The van der Waals surface area contributed by atoms with Gasteiger partial charge in [0.25, 0.3) is 5.91 Å². The fraction of sp³-hybridized carbons (Fsp3) is 0.571. The van der Waals surface area contributed by atoms with Crippen molar-refractivity contribution in [3.05, 3.63) is 42.0 Å². The van der Waals surface area contributed by atoms with Crippen molar-refractivity contribution >= 4 is 5.91 Å². The zero-order valence-electron chi connectivity index (χ0n) is 16.4. The van der Waals surface area contributed by atoms with E-state index in [0.29, 0.717) is 23.8 Å². The zero-order valence-corrected chi connectivity index (χ0v) is 16.4. The Labute approximate surface area is 160 Å². The minimum absolute atomic E-state index is 0.0811. The molecule has 0 radical (unpaired) electrons. The van der Waals surface area contributed by atoms with Crippen molar-refractivity contribution in [2.45, 2.75) is 45.6 Å². The van der Waals surface area contributed by atoms with Crippen LogP contribution >= 0.6 is 0 Å². The number of amides is 1. The van der Waals surface area contributed by atoms with Gasteiger partial charge in [-0.15, -0.1) is 10.2 Å². The molecule has 2 aromatic rings. The van der Waals surface area contributed by atoms with E-state index in [1.165, 1.54) is 6.42 Å². The van der Waals surface area contributed by atoms with Gasteiger partial charge in [0.15, 0.2) is 0 Å². The average molecular weight is 368 g/mol. The van der Waals surface area contributed by atoms with Gasteiger partial charge in [0.1, 0.15) is 17.9 Å². The molecule has 2 aliphatic rings. The summed E-state index contributed by atoms with van der Waals surface area (Å²) >= 11 is 0. The summed E-state index contributed by atoms with van der Waals surface area (Å²) in [5.74, 6) is 2.64. The standard InChI is InChI=1S/C21H28N4O2/c1-15(2)11-25-14-22-23-19(25)18-12-24(13-21(18)8-5-9-21)20(26)16-6-4-7-17(10-16)27-3/h4,6-7,10,14-15,18H,5,8-9,11-13H2,1-3H3. The van der Waals surface area contributed by atoms with E-state index in [1.807, 2.05) is 35.5 Å². The second-order valence-corrected chi connectivity index (χ2v) is 8.42. The number of hydrogen-bond acceptors (Lipinski definition) is 4. The van der Waals surface area contributed by atoms with Crippen LogP contribution in [0.2, 0.25) is 0 Å². The van der Waals surface area contributed by atoms with Crippen molar-refractivity contribution in [2.24, 2.45) is 11.3 Å². The molecule has 1 saturated carbocycles. The topological polar surface area (TPSA) is 60.2 Å². The molecule has 0 N–H and O–H groups in total. The number of aromatic nitrogens is 3. The van der Waals surface area contributed by atoms with Crippen LogP contribution in [0.1, 0.15) is 55.2 Å². The predicted molar refractivity (Wildman–Crippen MR) is 103 cm³/mol. The fourth-order valence-electron chi connectivity index (χ4n) is 4.62. The molecule has 2 fully saturated rings. The summed E-state index contributed by atoms with van der Waals surface area (Å²) in [6.45, 7) is 6.85. The molecule has 6 nitrogen and oxygen atoms in total. The SMILES string of the molecule is COc1cccc(C(=O)N2CC(c3nncn3CC(C)C)C3(CCC3)C2)c1. The second-order valence-electron chi connectivity index (χ2n) is 8.42. The Hall–Kier alpha value is -2.37. The molecule has 1 saturated heterocycles. The van der Waals surface area contributed by atoms with E-state index in [0.717, 1.165) is 31.8 Å². The Morgan fingerprint density at radius 2 is 2.19 bits per heavy atom. The van der Waals surface area contributed by atoms with E-state index in [4.69, 9.17) is 4.74 Å². The number of carbonyl (C=O) groups is 1. The van der Waals surface area contributed by atoms with Gasteiger partial charge >= 0.3 is 0 Å². The van der Waals surface area contributed by atoms with Gasteiger partial charge in [-0.05, 0) is 42.4 Å². The van der Waals surface area contributed by atoms with Crippen molar-refractivity contribution in [3.63, 3.8) is 0 Å². The summed E-state index contributed by atoms with van der Waals surface area (Å²) in [4.78, 5) is 15.2. The molecule has 1 aliphatic heterocycles. The molecule has 0 bridgehead atoms. The van der Waals surface area contributed by atoms with Crippen LogP contribution in [0.15, 0.2) is 30.6 Å². The lowest BCUT2D eigenvalue weighted by atomic mass is 9.62. The van der Waals surface area contributed by atoms with Gasteiger partial charge in [0, 0.05) is 31.1 Å². The number of nitrogens with zero attached hydrogens (tertiary/aromatic N) is 4. The molecule has 1 amide bonds. The van der Waals surface area contributed by atoms with Crippen molar-refractivity contribution in [1.29, 1.82) is 0 Å². The lowest BCUT2D eigenvalue weighted by molar-refractivity contribution is 0.0723. The molecule has 1 unspecified atom stereocenters. The lowest BCUT2D eigenvalue weighted by Crippen LogP contribution is -2.38. The van der Waals surface area contributed by atoms with E-state index in [2.05, 4.69) is 28.6 Å². The van der Waals surface area contributed by atoms with Crippen LogP contribution in [0, 0.1) is 11.3 Å². The molecule has 4 rings (SSSR count). The molecule has 144 valence electrons. The number of rotatable bonds is 5. The normalized spacial score (nSPS) is 20.9. The van der Waals surface area contributed by atoms with E-state index < -0.39 is 0 Å². The molecule has 27 heavy (non-hydrogen) atoms. The van der Waals surface area contributed by atoms with E-state index in [1.54, 1.807) is 7.11 Å². The minimum atomic E-state index is 0.0811. The maximum absolute atomic E-state index is 13.1. The first-order valence-electron chi connectivity index (χ1n) is 9.83. The molecule has 1 atom stereocenters. The predicted octanol–water partition coefficient (Wildman–Crippen LogP) is 3.35. The highest BCUT2D eigenvalue weighted by molar-refractivity contribution is 5.95. The zero-order chi connectivity index (χ0) is 19.0. The first kappa shape index (κ1) is 18.0. The van der Waals surface area contributed by atoms with Crippen LogP contribution in [0.5, 0.6) is 5.75 Å². The Bertz CT molecular complexity index is 825. The third-order valence-electron chi connectivity index (χ3n) is 6.12. The maximum atomic E-state index is 13.1. The van der Waals surface area contributed by atoms with E-state index >= 15 is 0 Å². The number of benzene rings is 1. The molecule has 1 aromatic carbocycles. The van der Waals surface area contributed by atoms with Gasteiger partial charge in [-0.1, -0.05) is 26.3 Å². The Kier molecular flexibility index (Phi) is 4.66. The van der Waals surface area contributed by atoms with Crippen molar-refractivity contribution in [2.75, 3.05) is 20.2 Å². The van der Waals surface area contributed by atoms with Gasteiger partial charge in [-0.3, -0.25) is 4.79 Å². The Morgan fingerprint density at radius 3 is 2.85 bits per heavy atom. The van der Waals surface area contributed by atoms with Gasteiger partial charge in [-0.25, -0.2) is 0 Å². The average Bonchev–Trinajstić information content (AvgIpc) is 3.24. The molecule has 1 spiro atoms. The maximum Gasteiger partial charge on any atom is 0.254 e. The smallest absolute Gasteiger partial charge is 0.254 e. The molecular formula is C21H28N4O2. The van der Waals surface area contributed by atoms with Crippen LogP contribution in [0.4, 0.5) is 0 Å². The molecule has 2 heterocycles. The number of likely N-dealkylation sites (tertiary alicyclic amines) is 1. The van der Waals surface area contributed by atoms with Gasteiger partial charge in [0.2, 0.25) is 0 Å². The largest absolute Gasteiger partial charge is 0.497 e. The summed E-state index contributed by atoms with van der Waals surface area (Å²) in [5.41, 5.74) is 0.851. The van der Waals surface area contributed by atoms with Crippen LogP contribution in [0.3, 0.4) is 0 Å². The number of ether oxygens (including phenoxy) is 1. The van der Waals surface area contributed by atoms with Crippen molar-refractivity contribution in [1.82, 2.24) is 19.7 Å². The molecule has 6 heteroatoms. The van der Waals surface area contributed by atoms with Crippen LogP contribution in [-0.4, -0.2) is 45.8 Å². The first-order chi connectivity index (χ1) is 13.0. The van der Waals surface area contributed by atoms with E-state index in [-0.39, 0.29) is 17.2 Å². The van der Waals surface area contributed by atoms with Gasteiger partial charge in [-0.2, -0.15) is 0 Å². The quantitative estimate of drug-likeness (QED) is 0.812. The molecular weight excluding hydrogens is 340 g/mol. The highest BCUT2D eigenvalue weighted by Crippen LogP contribution is 2.55.